The molecule has 1 unspecified atom stereocenters. The Morgan fingerprint density at radius 2 is 1.53 bits per heavy atom. The predicted molar refractivity (Wildman–Crippen MR) is 123 cm³/mol. The van der Waals surface area contributed by atoms with Gasteiger partial charge >= 0.3 is 0 Å². The molecule has 0 spiro atoms. The van der Waals surface area contributed by atoms with Crippen LogP contribution in [0.25, 0.3) is 0 Å². The second-order valence-corrected chi connectivity index (χ2v) is 10.3. The Labute approximate surface area is 190 Å². The van der Waals surface area contributed by atoms with Crippen LogP contribution in [0.1, 0.15) is 47.6 Å². The lowest BCUT2D eigenvalue weighted by molar-refractivity contribution is 0.0937. The van der Waals surface area contributed by atoms with E-state index >= 15 is 0 Å². The smallest absolute Gasteiger partial charge is 0.251 e. The summed E-state index contributed by atoms with van der Waals surface area (Å²) in [5, 5.41) is 3.04. The molecule has 0 aromatic heterocycles. The number of benzene rings is 2. The van der Waals surface area contributed by atoms with Crippen molar-refractivity contribution < 1.29 is 17.9 Å². The zero-order valence-electron chi connectivity index (χ0n) is 18.5. The molecule has 0 radical (unpaired) electrons. The molecule has 32 heavy (non-hydrogen) atoms. The molecule has 2 aromatic carbocycles. The van der Waals surface area contributed by atoms with Crippen molar-refractivity contribution in [3.05, 3.63) is 59.7 Å². The van der Waals surface area contributed by atoms with Gasteiger partial charge in [-0.3, -0.25) is 9.69 Å². The molecule has 4 rings (SSSR count). The fourth-order valence-corrected chi connectivity index (χ4v) is 6.00. The topological polar surface area (TPSA) is 78.9 Å². The van der Waals surface area contributed by atoms with E-state index in [2.05, 4.69) is 10.2 Å². The molecule has 2 fully saturated rings. The molecule has 172 valence electrons. The lowest BCUT2D eigenvalue weighted by Crippen LogP contribution is -2.36. The number of sulfonamides is 1. The highest BCUT2D eigenvalue weighted by Crippen LogP contribution is 2.26. The van der Waals surface area contributed by atoms with Gasteiger partial charge in [0.15, 0.2) is 0 Å². The van der Waals surface area contributed by atoms with Gasteiger partial charge in [0, 0.05) is 25.2 Å². The van der Waals surface area contributed by atoms with E-state index in [9.17, 15) is 13.2 Å². The maximum atomic E-state index is 12.8. The Hall–Kier alpha value is -2.42. The fraction of sp³-hybridized carbons (Fsp3) is 0.458. The first-order valence-corrected chi connectivity index (χ1v) is 12.7. The third-order valence-electron chi connectivity index (χ3n) is 6.36. The van der Waals surface area contributed by atoms with Crippen LogP contribution < -0.4 is 10.1 Å². The summed E-state index contributed by atoms with van der Waals surface area (Å²) in [6.07, 6.45) is 4.11. The Kier molecular flexibility index (Phi) is 7.13. The molecule has 1 N–H and O–H groups in total. The lowest BCUT2D eigenvalue weighted by Gasteiger charge is -2.28. The third-order valence-corrected chi connectivity index (χ3v) is 8.27. The fourth-order valence-electron chi connectivity index (χ4n) is 4.48. The van der Waals surface area contributed by atoms with Crippen LogP contribution in [-0.2, 0) is 10.0 Å². The van der Waals surface area contributed by atoms with Crippen LogP contribution in [0.2, 0.25) is 0 Å². The van der Waals surface area contributed by atoms with Crippen molar-refractivity contribution in [1.82, 2.24) is 14.5 Å². The van der Waals surface area contributed by atoms with E-state index in [0.717, 1.165) is 50.1 Å². The maximum absolute atomic E-state index is 12.8. The van der Waals surface area contributed by atoms with Crippen molar-refractivity contribution in [2.24, 2.45) is 0 Å². The normalized spacial score (nSPS) is 18.5. The second-order valence-electron chi connectivity index (χ2n) is 8.38. The molecule has 1 atom stereocenters. The summed E-state index contributed by atoms with van der Waals surface area (Å²) < 4.78 is 32.2. The number of ether oxygens (including phenoxy) is 1. The summed E-state index contributed by atoms with van der Waals surface area (Å²) in [6.45, 7) is 3.63. The number of nitrogens with zero attached hydrogens (tertiary/aromatic N) is 2. The largest absolute Gasteiger partial charge is 0.497 e. The van der Waals surface area contributed by atoms with Crippen LogP contribution in [0.15, 0.2) is 53.4 Å². The Morgan fingerprint density at radius 3 is 2.12 bits per heavy atom. The molecule has 2 heterocycles. The van der Waals surface area contributed by atoms with Crippen LogP contribution >= 0.6 is 0 Å². The first-order chi connectivity index (χ1) is 15.5. The minimum atomic E-state index is -3.48. The minimum absolute atomic E-state index is 0.0853. The average Bonchev–Trinajstić information content (AvgIpc) is 3.55. The number of methoxy groups -OCH3 is 1. The van der Waals surface area contributed by atoms with Crippen molar-refractivity contribution in [1.29, 1.82) is 0 Å². The van der Waals surface area contributed by atoms with E-state index in [-0.39, 0.29) is 16.8 Å². The van der Waals surface area contributed by atoms with Crippen LogP contribution in [0.3, 0.4) is 0 Å². The number of amides is 1. The van der Waals surface area contributed by atoms with Crippen LogP contribution in [0, 0.1) is 0 Å². The number of hydrogen-bond acceptors (Lipinski definition) is 5. The Bertz CT molecular complexity index is 1010. The molecule has 0 saturated carbocycles. The number of likely N-dealkylation sites (tertiary alicyclic amines) is 1. The SMILES string of the molecule is COc1ccc(C(CNC(=O)c2ccc(S(=O)(=O)N3CCCC3)cc2)N2CCCC2)cc1. The summed E-state index contributed by atoms with van der Waals surface area (Å²) in [4.78, 5) is 15.4. The van der Waals surface area contributed by atoms with Crippen molar-refractivity contribution in [3.8, 4) is 5.75 Å². The van der Waals surface area contributed by atoms with E-state index in [1.807, 2.05) is 24.3 Å². The lowest BCUT2D eigenvalue weighted by atomic mass is 10.0. The average molecular weight is 458 g/mol. The van der Waals surface area contributed by atoms with Gasteiger partial charge < -0.3 is 10.1 Å². The number of rotatable bonds is 8. The van der Waals surface area contributed by atoms with Gasteiger partial charge in [-0.15, -0.1) is 0 Å². The zero-order chi connectivity index (χ0) is 22.6. The van der Waals surface area contributed by atoms with Crippen molar-refractivity contribution in [2.45, 2.75) is 36.6 Å². The highest BCUT2D eigenvalue weighted by molar-refractivity contribution is 7.89. The van der Waals surface area contributed by atoms with Crippen LogP contribution in [0.5, 0.6) is 5.75 Å². The van der Waals surface area contributed by atoms with E-state index in [1.165, 1.54) is 16.4 Å². The number of nitrogens with one attached hydrogen (secondary N) is 1. The van der Waals surface area contributed by atoms with Gasteiger partial charge in [0.1, 0.15) is 5.75 Å². The summed E-state index contributed by atoms with van der Waals surface area (Å²) in [5.74, 6) is 0.606. The van der Waals surface area contributed by atoms with E-state index in [0.29, 0.717) is 25.2 Å². The molecule has 2 aliphatic heterocycles. The summed E-state index contributed by atoms with van der Waals surface area (Å²) >= 11 is 0. The van der Waals surface area contributed by atoms with Gasteiger partial charge in [0.05, 0.1) is 18.0 Å². The zero-order valence-corrected chi connectivity index (χ0v) is 19.3. The van der Waals surface area contributed by atoms with Crippen LogP contribution in [0.4, 0.5) is 0 Å². The number of hydrogen-bond donors (Lipinski definition) is 1. The van der Waals surface area contributed by atoms with Crippen LogP contribution in [-0.4, -0.2) is 63.4 Å². The summed E-state index contributed by atoms with van der Waals surface area (Å²) in [6, 6.07) is 14.3. The minimum Gasteiger partial charge on any atom is -0.497 e. The highest BCUT2D eigenvalue weighted by Gasteiger charge is 2.27. The first-order valence-electron chi connectivity index (χ1n) is 11.3. The molecule has 2 aromatic rings. The molecular formula is C24H31N3O4S. The first kappa shape index (κ1) is 22.8. The number of carbonyl (C=O) groups is 1. The van der Waals surface area contributed by atoms with Gasteiger partial charge in [0.25, 0.3) is 5.91 Å². The van der Waals surface area contributed by atoms with Gasteiger partial charge in [0.2, 0.25) is 10.0 Å². The maximum Gasteiger partial charge on any atom is 0.251 e. The molecular weight excluding hydrogens is 426 g/mol. The monoisotopic (exact) mass is 457 g/mol. The molecule has 2 saturated heterocycles. The molecule has 0 bridgehead atoms. The van der Waals surface area contributed by atoms with Gasteiger partial charge in [-0.05, 0) is 80.7 Å². The standard InChI is InChI=1S/C24H31N3O4S/c1-31-21-10-6-19(7-11-21)23(26-14-2-3-15-26)18-25-24(28)20-8-12-22(13-9-20)32(29,30)27-16-4-5-17-27/h6-13,23H,2-5,14-18H2,1H3,(H,25,28). The van der Waals surface area contributed by atoms with Crippen molar-refractivity contribution >= 4 is 15.9 Å². The Morgan fingerprint density at radius 1 is 0.938 bits per heavy atom. The van der Waals surface area contributed by atoms with E-state index < -0.39 is 10.0 Å². The molecule has 2 aliphatic rings. The van der Waals surface area contributed by atoms with Crippen molar-refractivity contribution in [3.63, 3.8) is 0 Å². The molecule has 8 heteroatoms. The summed E-state index contributed by atoms with van der Waals surface area (Å²) in [7, 11) is -1.83. The highest BCUT2D eigenvalue weighted by atomic mass is 32.2. The number of carbonyl (C=O) groups excluding carboxylic acids is 1. The van der Waals surface area contributed by atoms with E-state index in [1.54, 1.807) is 19.2 Å². The quantitative estimate of drug-likeness (QED) is 0.659. The second kappa shape index (κ2) is 10.0. The Balaban J connectivity index is 1.43. The summed E-state index contributed by atoms with van der Waals surface area (Å²) in [5.41, 5.74) is 1.60. The van der Waals surface area contributed by atoms with E-state index in [4.69, 9.17) is 4.74 Å². The molecule has 0 aliphatic carbocycles. The molecule has 1 amide bonds. The van der Waals surface area contributed by atoms with Crippen molar-refractivity contribution in [2.75, 3.05) is 39.8 Å². The predicted octanol–water partition coefficient (Wildman–Crippen LogP) is 3.05. The third kappa shape index (κ3) is 4.98. The van der Waals surface area contributed by atoms with Gasteiger partial charge in [-0.2, -0.15) is 4.31 Å². The van der Waals surface area contributed by atoms with Gasteiger partial charge in [-0.25, -0.2) is 8.42 Å². The van der Waals surface area contributed by atoms with Gasteiger partial charge in [-0.1, -0.05) is 12.1 Å². The molecule has 7 nitrogen and oxygen atoms in total.